The van der Waals surface area contributed by atoms with Crippen LogP contribution in [0.2, 0.25) is 0 Å². The molecule has 0 amide bonds. The third-order valence-electron chi connectivity index (χ3n) is 7.32. The molecule has 0 aromatic heterocycles. The van der Waals surface area contributed by atoms with Crippen molar-refractivity contribution >= 4 is 5.97 Å². The Morgan fingerprint density at radius 1 is 1.41 bits per heavy atom. The molecule has 2 saturated carbocycles. The molecule has 3 aliphatic rings. The summed E-state index contributed by atoms with van der Waals surface area (Å²) < 4.78 is 31.3. The first-order valence-corrected chi connectivity index (χ1v) is 12.4. The van der Waals surface area contributed by atoms with E-state index in [9.17, 15) is 9.90 Å². The first-order valence-electron chi connectivity index (χ1n) is 13.9. The van der Waals surface area contributed by atoms with Gasteiger partial charge in [0.05, 0.1) is 6.10 Å². The highest BCUT2D eigenvalue weighted by atomic mass is 16.6. The highest BCUT2D eigenvalue weighted by Crippen LogP contribution is 2.57. The van der Waals surface area contributed by atoms with Gasteiger partial charge in [-0.3, -0.25) is 4.79 Å². The van der Waals surface area contributed by atoms with Crippen LogP contribution in [0.15, 0.2) is 47.1 Å². The Morgan fingerprint density at radius 2 is 2.19 bits per heavy atom. The fourth-order valence-corrected chi connectivity index (χ4v) is 5.70. The van der Waals surface area contributed by atoms with Crippen molar-refractivity contribution in [3.05, 3.63) is 47.1 Å². The SMILES string of the molecule is [2H]C([2H])([2H])[C@]12CCC/C(=C\C=C3\C[C@@H](O)CCC3=C)[C@@H]1CC=C2[C@@H](C)CCCC(=O)OC(C)(C)C. The van der Waals surface area contributed by atoms with Crippen LogP contribution in [-0.4, -0.2) is 22.8 Å². The van der Waals surface area contributed by atoms with E-state index in [1.54, 1.807) is 0 Å². The zero-order valence-electron chi connectivity index (χ0n) is 23.5. The van der Waals surface area contributed by atoms with Crippen LogP contribution in [0.1, 0.15) is 103 Å². The van der Waals surface area contributed by atoms with Crippen LogP contribution in [0.4, 0.5) is 0 Å². The Morgan fingerprint density at radius 3 is 2.91 bits per heavy atom. The lowest BCUT2D eigenvalue weighted by Crippen LogP contribution is -2.32. The van der Waals surface area contributed by atoms with E-state index >= 15 is 0 Å². The summed E-state index contributed by atoms with van der Waals surface area (Å²) in [6.07, 6.45) is 13.3. The number of aliphatic hydroxyl groups is 1. The molecule has 3 rings (SSSR count). The van der Waals surface area contributed by atoms with Gasteiger partial charge in [0.2, 0.25) is 0 Å². The summed E-state index contributed by atoms with van der Waals surface area (Å²) >= 11 is 0. The Bertz CT molecular complexity index is 903. The molecule has 3 aliphatic carbocycles. The van der Waals surface area contributed by atoms with Gasteiger partial charge in [-0.1, -0.05) is 55.3 Å². The average Bonchev–Trinajstić information content (AvgIpc) is 3.14. The largest absolute Gasteiger partial charge is 0.460 e. The molecule has 1 N–H and O–H groups in total. The molecule has 0 heterocycles. The third-order valence-corrected chi connectivity index (χ3v) is 7.32. The summed E-state index contributed by atoms with van der Waals surface area (Å²) in [6, 6.07) is 0. The van der Waals surface area contributed by atoms with Gasteiger partial charge in [-0.15, -0.1) is 0 Å². The molecular weight excluding hydrogens is 396 g/mol. The fourth-order valence-electron chi connectivity index (χ4n) is 5.70. The van der Waals surface area contributed by atoms with Crippen molar-refractivity contribution in [2.45, 2.75) is 110 Å². The van der Waals surface area contributed by atoms with Crippen LogP contribution in [0.25, 0.3) is 0 Å². The van der Waals surface area contributed by atoms with E-state index in [0.29, 0.717) is 25.7 Å². The van der Waals surface area contributed by atoms with Crippen molar-refractivity contribution in [2.24, 2.45) is 17.3 Å². The molecule has 0 aromatic rings. The summed E-state index contributed by atoms with van der Waals surface area (Å²) in [5.74, 6) is -0.113. The summed E-state index contributed by atoms with van der Waals surface area (Å²) in [5.41, 5.74) is 3.11. The topological polar surface area (TPSA) is 46.5 Å². The van der Waals surface area contributed by atoms with Crippen LogP contribution in [0.3, 0.4) is 0 Å². The second-order valence-electron chi connectivity index (χ2n) is 11.1. The van der Waals surface area contributed by atoms with Gasteiger partial charge in [-0.05, 0) is 101 Å². The van der Waals surface area contributed by atoms with E-state index in [1.165, 1.54) is 5.57 Å². The standard InChI is InChI=1S/C29H44O3/c1-20-12-15-24(30)19-23(20)14-13-22-10-8-18-29(6)25(16-17-26(22)29)21(2)9-7-11-27(31)32-28(3,4)5/h13-14,16,21,24,26,30H,1,7-12,15,17-19H2,2-6H3/b22-13+,23-14-/t21-,24-,26-,29+/m0/s1/i6D3. The minimum atomic E-state index is -2.09. The number of ether oxygens (including phenoxy) is 1. The Balaban J connectivity index is 1.77. The third kappa shape index (κ3) is 6.04. The molecule has 2 fully saturated rings. The molecule has 0 unspecified atom stereocenters. The number of hydrogen-bond donors (Lipinski definition) is 1. The lowest BCUT2D eigenvalue weighted by atomic mass is 9.62. The van der Waals surface area contributed by atoms with Crippen molar-refractivity contribution in [2.75, 3.05) is 0 Å². The molecule has 0 aliphatic heterocycles. The minimum Gasteiger partial charge on any atom is -0.460 e. The zero-order valence-corrected chi connectivity index (χ0v) is 20.5. The number of aliphatic hydroxyl groups excluding tert-OH is 1. The first-order chi connectivity index (χ1) is 16.2. The van der Waals surface area contributed by atoms with Gasteiger partial charge >= 0.3 is 5.97 Å². The quantitative estimate of drug-likeness (QED) is 0.348. The fraction of sp³-hybridized carbons (Fsp3) is 0.690. The van der Waals surface area contributed by atoms with Gasteiger partial charge in [0.1, 0.15) is 5.60 Å². The van der Waals surface area contributed by atoms with Crippen molar-refractivity contribution in [3.8, 4) is 0 Å². The van der Waals surface area contributed by atoms with Crippen molar-refractivity contribution in [3.63, 3.8) is 0 Å². The molecule has 0 aromatic carbocycles. The first kappa shape index (κ1) is 21.0. The second kappa shape index (κ2) is 10.1. The van der Waals surface area contributed by atoms with E-state index in [4.69, 9.17) is 8.85 Å². The van der Waals surface area contributed by atoms with Crippen LogP contribution in [0.5, 0.6) is 0 Å². The Kier molecular flexibility index (Phi) is 6.63. The molecule has 4 atom stereocenters. The smallest absolute Gasteiger partial charge is 0.306 e. The molecule has 178 valence electrons. The predicted molar refractivity (Wildman–Crippen MR) is 132 cm³/mol. The van der Waals surface area contributed by atoms with Crippen LogP contribution in [0, 0.1) is 17.3 Å². The second-order valence-corrected chi connectivity index (χ2v) is 11.1. The monoisotopic (exact) mass is 443 g/mol. The van der Waals surface area contributed by atoms with Crippen LogP contribution >= 0.6 is 0 Å². The van der Waals surface area contributed by atoms with Gasteiger partial charge < -0.3 is 9.84 Å². The highest BCUT2D eigenvalue weighted by molar-refractivity contribution is 5.69. The maximum Gasteiger partial charge on any atom is 0.306 e. The van der Waals surface area contributed by atoms with Crippen LogP contribution in [-0.2, 0) is 9.53 Å². The maximum atomic E-state index is 12.1. The minimum absolute atomic E-state index is 0.0225. The van der Waals surface area contributed by atoms with Gasteiger partial charge in [0.15, 0.2) is 0 Å². The summed E-state index contributed by atoms with van der Waals surface area (Å²) in [7, 11) is 0. The van der Waals surface area contributed by atoms with Crippen molar-refractivity contribution in [1.29, 1.82) is 0 Å². The van der Waals surface area contributed by atoms with Gasteiger partial charge in [0.25, 0.3) is 0 Å². The summed E-state index contributed by atoms with van der Waals surface area (Å²) in [4.78, 5) is 12.1. The van der Waals surface area contributed by atoms with Crippen LogP contribution < -0.4 is 0 Å². The summed E-state index contributed by atoms with van der Waals surface area (Å²) in [5, 5.41) is 10.1. The number of hydrogen-bond acceptors (Lipinski definition) is 3. The molecule has 32 heavy (non-hydrogen) atoms. The molecule has 3 nitrogen and oxygen atoms in total. The van der Waals surface area contributed by atoms with E-state index < -0.39 is 17.9 Å². The number of fused-ring (bicyclic) bond motifs is 1. The highest BCUT2D eigenvalue weighted by Gasteiger charge is 2.45. The van der Waals surface area contributed by atoms with Crippen molar-refractivity contribution in [1.82, 2.24) is 0 Å². The number of esters is 1. The maximum absolute atomic E-state index is 12.1. The number of carbonyl (C=O) groups is 1. The molecular formula is C29H44O3. The molecule has 0 spiro atoms. The number of rotatable bonds is 6. The Hall–Kier alpha value is -1.61. The molecule has 0 bridgehead atoms. The number of allylic oxidation sites excluding steroid dienone is 6. The van der Waals surface area contributed by atoms with Gasteiger partial charge in [-0.2, -0.15) is 0 Å². The summed E-state index contributed by atoms with van der Waals surface area (Å²) in [6.45, 7) is 9.80. The van der Waals surface area contributed by atoms with E-state index in [0.717, 1.165) is 55.2 Å². The normalized spacial score (nSPS) is 33.8. The van der Waals surface area contributed by atoms with Gasteiger partial charge in [-0.25, -0.2) is 0 Å². The molecule has 0 radical (unpaired) electrons. The number of carbonyl (C=O) groups excluding carboxylic acids is 1. The van der Waals surface area contributed by atoms with E-state index in [2.05, 4.69) is 31.7 Å². The zero-order chi connectivity index (χ0) is 26.0. The predicted octanol–water partition coefficient (Wildman–Crippen LogP) is 7.22. The van der Waals surface area contributed by atoms with E-state index in [-0.39, 0.29) is 23.9 Å². The molecule has 3 heteroatoms. The molecule has 0 saturated heterocycles. The average molecular weight is 444 g/mol. The van der Waals surface area contributed by atoms with Crippen molar-refractivity contribution < 1.29 is 18.8 Å². The Labute approximate surface area is 199 Å². The van der Waals surface area contributed by atoms with Gasteiger partial charge in [0, 0.05) is 10.5 Å². The van der Waals surface area contributed by atoms with E-state index in [1.807, 2.05) is 20.8 Å². The lowest BCUT2D eigenvalue weighted by molar-refractivity contribution is -0.154. The lowest BCUT2D eigenvalue weighted by Gasteiger charge is -2.42.